The lowest BCUT2D eigenvalue weighted by Crippen LogP contribution is -2.40. The van der Waals surface area contributed by atoms with Gasteiger partial charge in [-0.05, 0) is 30.7 Å². The minimum atomic E-state index is -0.926. The van der Waals surface area contributed by atoms with Crippen LogP contribution in [0.4, 0.5) is 0 Å². The number of carbonyl (C=O) groups excluding carboxylic acids is 1. The minimum absolute atomic E-state index is 0.105. The van der Waals surface area contributed by atoms with E-state index in [2.05, 4.69) is 4.98 Å². The molecule has 1 atom stereocenters. The van der Waals surface area contributed by atoms with Crippen LogP contribution in [0.25, 0.3) is 22.0 Å². The van der Waals surface area contributed by atoms with Crippen LogP contribution >= 0.6 is 11.6 Å². The van der Waals surface area contributed by atoms with E-state index in [1.165, 1.54) is 0 Å². The molecule has 1 aliphatic rings. The Bertz CT molecular complexity index is 1010. The average molecular weight is 383 g/mol. The summed E-state index contributed by atoms with van der Waals surface area (Å²) in [5.74, 6) is -0.105. The van der Waals surface area contributed by atoms with Gasteiger partial charge in [-0.15, -0.1) is 0 Å². The van der Waals surface area contributed by atoms with Gasteiger partial charge in [0.2, 0.25) is 0 Å². The number of halogens is 1. The van der Waals surface area contributed by atoms with Gasteiger partial charge in [0.15, 0.2) is 0 Å². The molecule has 2 N–H and O–H groups in total. The van der Waals surface area contributed by atoms with Crippen molar-refractivity contribution >= 4 is 28.4 Å². The third kappa shape index (κ3) is 2.93. The normalized spacial score (nSPS) is 21.7. The van der Waals surface area contributed by atoms with Crippen LogP contribution in [-0.2, 0) is 0 Å². The number of aromatic amines is 1. The van der Waals surface area contributed by atoms with Crippen molar-refractivity contribution < 1.29 is 9.90 Å². The molecule has 0 bridgehead atoms. The van der Waals surface area contributed by atoms with E-state index in [9.17, 15) is 9.90 Å². The van der Waals surface area contributed by atoms with Gasteiger partial charge >= 0.3 is 0 Å². The Morgan fingerprint density at radius 1 is 1.11 bits per heavy atom. The number of aromatic nitrogens is 1. The van der Waals surface area contributed by atoms with Crippen molar-refractivity contribution in [1.29, 1.82) is 0 Å². The van der Waals surface area contributed by atoms with E-state index in [4.69, 9.17) is 11.6 Å². The number of nitrogens with zero attached hydrogens (tertiary/aromatic N) is 1. The molecule has 1 aromatic heterocycles. The lowest BCUT2D eigenvalue weighted by molar-refractivity contribution is -0.0108. The molecule has 1 saturated heterocycles. The zero-order chi connectivity index (χ0) is 19.4. The zero-order valence-corrected chi connectivity index (χ0v) is 16.5. The fourth-order valence-corrected chi connectivity index (χ4v) is 3.99. The van der Waals surface area contributed by atoms with Crippen LogP contribution < -0.4 is 0 Å². The van der Waals surface area contributed by atoms with Gasteiger partial charge in [0.25, 0.3) is 5.91 Å². The lowest BCUT2D eigenvalue weighted by Gasteiger charge is -2.30. The summed E-state index contributed by atoms with van der Waals surface area (Å²) >= 11 is 6.23. The zero-order valence-electron chi connectivity index (χ0n) is 15.7. The summed E-state index contributed by atoms with van der Waals surface area (Å²) < 4.78 is 0. The number of nitrogens with one attached hydrogen (secondary N) is 1. The summed E-state index contributed by atoms with van der Waals surface area (Å²) in [4.78, 5) is 18.4. The predicted octanol–water partition coefficient (Wildman–Crippen LogP) is 4.72. The molecule has 0 spiro atoms. The molecule has 2 heterocycles. The first-order valence-corrected chi connectivity index (χ1v) is 9.46. The van der Waals surface area contributed by atoms with Gasteiger partial charge in [-0.2, -0.15) is 0 Å². The van der Waals surface area contributed by atoms with Crippen LogP contribution in [0.1, 0.15) is 31.3 Å². The number of β-amino-alcohol motifs (C(OH)–C–C–N with tert-alkyl or cyclic N) is 1. The van der Waals surface area contributed by atoms with Crippen molar-refractivity contribution in [2.24, 2.45) is 5.41 Å². The van der Waals surface area contributed by atoms with Crippen LogP contribution in [0.2, 0.25) is 5.02 Å². The van der Waals surface area contributed by atoms with Crippen LogP contribution in [-0.4, -0.2) is 39.6 Å². The fraction of sp³-hybridized carbons (Fsp3) is 0.318. The SMILES string of the molecule is CC1(C)CN(C(=O)c2[nH]c3ccc(Cl)cc3c2-c2ccccc2)C[C@]1(C)O. The summed E-state index contributed by atoms with van der Waals surface area (Å²) in [6.45, 7) is 6.59. The van der Waals surface area contributed by atoms with Crippen molar-refractivity contribution in [3.63, 3.8) is 0 Å². The molecule has 4 rings (SSSR count). The maximum absolute atomic E-state index is 13.4. The number of fused-ring (bicyclic) bond motifs is 1. The van der Waals surface area contributed by atoms with Gasteiger partial charge in [0.05, 0.1) is 12.1 Å². The maximum Gasteiger partial charge on any atom is 0.271 e. The average Bonchev–Trinajstić information content (AvgIpc) is 3.09. The largest absolute Gasteiger partial charge is 0.388 e. The number of benzene rings is 2. The fourth-order valence-electron chi connectivity index (χ4n) is 3.82. The van der Waals surface area contributed by atoms with E-state index < -0.39 is 5.60 Å². The smallest absolute Gasteiger partial charge is 0.271 e. The molecule has 5 heteroatoms. The highest BCUT2D eigenvalue weighted by Gasteiger charge is 2.49. The summed E-state index contributed by atoms with van der Waals surface area (Å²) in [7, 11) is 0. The minimum Gasteiger partial charge on any atom is -0.388 e. The Hall–Kier alpha value is -2.30. The summed E-state index contributed by atoms with van der Waals surface area (Å²) in [5, 5.41) is 12.3. The van der Waals surface area contributed by atoms with Gasteiger partial charge in [-0.25, -0.2) is 0 Å². The molecule has 0 aliphatic carbocycles. The van der Waals surface area contributed by atoms with Crippen molar-refractivity contribution in [3.05, 3.63) is 59.2 Å². The van der Waals surface area contributed by atoms with Gasteiger partial charge < -0.3 is 15.0 Å². The monoisotopic (exact) mass is 382 g/mol. The van der Waals surface area contributed by atoms with Gasteiger partial charge in [-0.3, -0.25) is 4.79 Å². The van der Waals surface area contributed by atoms with Crippen LogP contribution in [0.3, 0.4) is 0 Å². The summed E-state index contributed by atoms with van der Waals surface area (Å²) in [5.41, 5.74) is 1.91. The highest BCUT2D eigenvalue weighted by Crippen LogP contribution is 2.40. The topological polar surface area (TPSA) is 56.3 Å². The van der Waals surface area contributed by atoms with Crippen LogP contribution in [0.5, 0.6) is 0 Å². The maximum atomic E-state index is 13.4. The van der Waals surface area contributed by atoms with E-state index in [0.717, 1.165) is 22.0 Å². The second kappa shape index (κ2) is 6.11. The third-order valence-electron chi connectivity index (χ3n) is 5.87. The molecule has 27 heavy (non-hydrogen) atoms. The molecule has 0 unspecified atom stereocenters. The van der Waals surface area contributed by atoms with E-state index >= 15 is 0 Å². The highest BCUT2D eigenvalue weighted by molar-refractivity contribution is 6.31. The second-order valence-corrected chi connectivity index (χ2v) is 8.69. The molecule has 0 saturated carbocycles. The molecule has 1 fully saturated rings. The Kier molecular flexibility index (Phi) is 4.09. The van der Waals surface area contributed by atoms with E-state index in [-0.39, 0.29) is 11.3 Å². The van der Waals surface area contributed by atoms with Crippen molar-refractivity contribution in [1.82, 2.24) is 9.88 Å². The van der Waals surface area contributed by atoms with Crippen molar-refractivity contribution in [2.45, 2.75) is 26.4 Å². The number of likely N-dealkylation sites (tertiary alicyclic amines) is 1. The first kappa shape index (κ1) is 18.1. The summed E-state index contributed by atoms with van der Waals surface area (Å²) in [6.07, 6.45) is 0. The van der Waals surface area contributed by atoms with E-state index in [0.29, 0.717) is 23.8 Å². The molecule has 2 aromatic carbocycles. The molecule has 3 aromatic rings. The van der Waals surface area contributed by atoms with Crippen LogP contribution in [0.15, 0.2) is 48.5 Å². The quantitative estimate of drug-likeness (QED) is 0.673. The van der Waals surface area contributed by atoms with Crippen molar-refractivity contribution in [3.8, 4) is 11.1 Å². The standard InChI is InChI=1S/C22H23ClN2O2/c1-21(2)12-25(13-22(21,3)27)20(26)19-18(14-7-5-4-6-8-14)16-11-15(23)9-10-17(16)24-19/h4-11,24,27H,12-13H2,1-3H3/t22-/m0/s1. The molecular weight excluding hydrogens is 360 g/mol. The number of rotatable bonds is 2. The number of hydrogen-bond donors (Lipinski definition) is 2. The van der Waals surface area contributed by atoms with Gasteiger partial charge in [0.1, 0.15) is 5.69 Å². The van der Waals surface area contributed by atoms with Crippen LogP contribution in [0, 0.1) is 5.41 Å². The Morgan fingerprint density at radius 3 is 2.44 bits per heavy atom. The number of amides is 1. The molecule has 140 valence electrons. The first-order chi connectivity index (χ1) is 12.7. The number of H-pyrrole nitrogens is 1. The molecule has 0 radical (unpaired) electrons. The van der Waals surface area contributed by atoms with Crippen molar-refractivity contribution in [2.75, 3.05) is 13.1 Å². The number of carbonyl (C=O) groups is 1. The Labute approximate surface area is 163 Å². The third-order valence-corrected chi connectivity index (χ3v) is 6.10. The van der Waals surface area contributed by atoms with E-state index in [1.807, 2.05) is 62.4 Å². The Balaban J connectivity index is 1.86. The molecule has 1 amide bonds. The number of hydrogen-bond acceptors (Lipinski definition) is 2. The second-order valence-electron chi connectivity index (χ2n) is 8.25. The van der Waals surface area contributed by atoms with Gasteiger partial charge in [0, 0.05) is 33.4 Å². The molecule has 4 nitrogen and oxygen atoms in total. The summed E-state index contributed by atoms with van der Waals surface area (Å²) in [6, 6.07) is 15.4. The number of aliphatic hydroxyl groups is 1. The lowest BCUT2D eigenvalue weighted by atomic mass is 9.79. The van der Waals surface area contributed by atoms with Gasteiger partial charge in [-0.1, -0.05) is 55.8 Å². The first-order valence-electron chi connectivity index (χ1n) is 9.08. The highest BCUT2D eigenvalue weighted by atomic mass is 35.5. The van der Waals surface area contributed by atoms with E-state index in [1.54, 1.807) is 11.8 Å². The molecule has 1 aliphatic heterocycles. The predicted molar refractivity (Wildman–Crippen MR) is 109 cm³/mol. The molecular formula is C22H23ClN2O2. The Morgan fingerprint density at radius 2 is 1.81 bits per heavy atom.